The molecule has 0 spiro atoms. The van der Waals surface area contributed by atoms with Crippen LogP contribution in [-0.2, 0) is 16.0 Å². The Morgan fingerprint density at radius 3 is 2.75 bits per heavy atom. The van der Waals surface area contributed by atoms with Gasteiger partial charge < -0.3 is 16.0 Å². The van der Waals surface area contributed by atoms with E-state index in [1.165, 1.54) is 0 Å². The normalized spacial score (nSPS) is 18.1. The summed E-state index contributed by atoms with van der Waals surface area (Å²) in [5.41, 5.74) is 6.35. The van der Waals surface area contributed by atoms with E-state index < -0.39 is 0 Å². The number of amides is 2. The number of nitrogens with two attached hydrogens (primary N) is 1. The molecule has 0 saturated carbocycles. The highest BCUT2D eigenvalue weighted by molar-refractivity contribution is 5.89. The van der Waals surface area contributed by atoms with Crippen molar-refractivity contribution >= 4 is 11.8 Å². The summed E-state index contributed by atoms with van der Waals surface area (Å²) in [6.45, 7) is 1.53. The maximum absolute atomic E-state index is 12.3. The fourth-order valence-corrected chi connectivity index (χ4v) is 2.52. The number of rotatable bonds is 5. The van der Waals surface area contributed by atoms with Crippen molar-refractivity contribution in [2.45, 2.75) is 25.3 Å². The molecule has 1 aromatic carbocycles. The van der Waals surface area contributed by atoms with Crippen molar-refractivity contribution in [2.24, 2.45) is 5.73 Å². The van der Waals surface area contributed by atoms with E-state index in [1.54, 1.807) is 4.90 Å². The molecule has 0 unspecified atom stereocenters. The third-order valence-corrected chi connectivity index (χ3v) is 3.52. The molecule has 20 heavy (non-hydrogen) atoms. The second kappa shape index (κ2) is 7.05. The van der Waals surface area contributed by atoms with Crippen molar-refractivity contribution in [3.8, 4) is 0 Å². The molecule has 0 aromatic heterocycles. The molecule has 1 aliphatic rings. The molecule has 1 saturated heterocycles. The van der Waals surface area contributed by atoms with E-state index in [4.69, 9.17) is 5.73 Å². The Morgan fingerprint density at radius 2 is 2.05 bits per heavy atom. The first-order valence-electron chi connectivity index (χ1n) is 7.03. The minimum atomic E-state index is -0.335. The highest BCUT2D eigenvalue weighted by Crippen LogP contribution is 2.18. The number of carbonyl (C=O) groups excluding carboxylic acids is 2. The minimum absolute atomic E-state index is 0.0154. The Labute approximate surface area is 119 Å². The summed E-state index contributed by atoms with van der Waals surface area (Å²) in [7, 11) is 0. The van der Waals surface area contributed by atoms with Gasteiger partial charge in [0.2, 0.25) is 11.8 Å². The lowest BCUT2D eigenvalue weighted by Gasteiger charge is -2.24. The molecule has 0 bridgehead atoms. The van der Waals surface area contributed by atoms with Gasteiger partial charge in [-0.15, -0.1) is 0 Å². The molecule has 0 radical (unpaired) electrons. The van der Waals surface area contributed by atoms with Crippen molar-refractivity contribution in [3.05, 3.63) is 35.9 Å². The van der Waals surface area contributed by atoms with Gasteiger partial charge in [-0.3, -0.25) is 9.59 Å². The van der Waals surface area contributed by atoms with Crippen LogP contribution in [0.15, 0.2) is 30.3 Å². The molecule has 1 fully saturated rings. The van der Waals surface area contributed by atoms with Gasteiger partial charge in [-0.1, -0.05) is 30.3 Å². The molecule has 0 aliphatic carbocycles. The Kier molecular flexibility index (Phi) is 5.12. The summed E-state index contributed by atoms with van der Waals surface area (Å²) >= 11 is 0. The molecule has 5 nitrogen and oxygen atoms in total. The minimum Gasteiger partial charge on any atom is -0.353 e. The highest BCUT2D eigenvalue weighted by Gasteiger charge is 2.33. The quantitative estimate of drug-likeness (QED) is 0.811. The van der Waals surface area contributed by atoms with Crippen LogP contribution in [0, 0.1) is 0 Å². The van der Waals surface area contributed by atoms with Crippen LogP contribution in [0.2, 0.25) is 0 Å². The molecule has 108 valence electrons. The summed E-state index contributed by atoms with van der Waals surface area (Å²) in [4.78, 5) is 26.0. The average molecular weight is 275 g/mol. The van der Waals surface area contributed by atoms with E-state index in [-0.39, 0.29) is 17.9 Å². The summed E-state index contributed by atoms with van der Waals surface area (Å²) in [5.74, 6) is -0.0732. The Bertz CT molecular complexity index is 461. The van der Waals surface area contributed by atoms with Crippen molar-refractivity contribution in [1.82, 2.24) is 10.2 Å². The number of likely N-dealkylation sites (tertiary alicyclic amines) is 1. The summed E-state index contributed by atoms with van der Waals surface area (Å²) in [6.07, 6.45) is 1.96. The molecule has 1 aliphatic heterocycles. The van der Waals surface area contributed by atoms with E-state index in [0.29, 0.717) is 26.1 Å². The molecule has 2 amide bonds. The van der Waals surface area contributed by atoms with Crippen LogP contribution >= 0.6 is 0 Å². The molecular weight excluding hydrogens is 254 g/mol. The molecule has 5 heteroatoms. The Balaban J connectivity index is 1.96. The second-order valence-electron chi connectivity index (χ2n) is 4.99. The van der Waals surface area contributed by atoms with Gasteiger partial charge >= 0.3 is 0 Å². The lowest BCUT2D eigenvalue weighted by molar-refractivity contribution is -0.137. The van der Waals surface area contributed by atoms with E-state index in [1.807, 2.05) is 30.3 Å². The molecule has 1 atom stereocenters. The summed E-state index contributed by atoms with van der Waals surface area (Å²) in [6, 6.07) is 9.27. The zero-order valence-electron chi connectivity index (χ0n) is 11.5. The van der Waals surface area contributed by atoms with Gasteiger partial charge in [0.15, 0.2) is 0 Å². The predicted molar refractivity (Wildman–Crippen MR) is 76.9 cm³/mol. The van der Waals surface area contributed by atoms with Crippen LogP contribution < -0.4 is 11.1 Å². The predicted octanol–water partition coefficient (Wildman–Crippen LogP) is 0.295. The van der Waals surface area contributed by atoms with Crippen LogP contribution in [0.1, 0.15) is 18.4 Å². The standard InChI is InChI=1S/C15H21N3O2/c16-8-9-17-15(20)13-7-4-10-18(13)14(19)11-12-5-2-1-3-6-12/h1-3,5-6,13H,4,7-11,16H2,(H,17,20)/t13-/m1/s1. The van der Waals surface area contributed by atoms with Crippen LogP contribution in [-0.4, -0.2) is 42.4 Å². The lowest BCUT2D eigenvalue weighted by atomic mass is 10.1. The number of benzene rings is 1. The topological polar surface area (TPSA) is 75.4 Å². The molecule has 1 heterocycles. The van der Waals surface area contributed by atoms with Gasteiger partial charge in [-0.2, -0.15) is 0 Å². The van der Waals surface area contributed by atoms with E-state index in [9.17, 15) is 9.59 Å². The van der Waals surface area contributed by atoms with E-state index in [0.717, 1.165) is 18.4 Å². The van der Waals surface area contributed by atoms with Gasteiger partial charge in [0.1, 0.15) is 6.04 Å². The van der Waals surface area contributed by atoms with Crippen molar-refractivity contribution in [1.29, 1.82) is 0 Å². The van der Waals surface area contributed by atoms with Crippen molar-refractivity contribution in [2.75, 3.05) is 19.6 Å². The number of carbonyl (C=O) groups is 2. The van der Waals surface area contributed by atoms with Gasteiger partial charge in [0.05, 0.1) is 6.42 Å². The third kappa shape index (κ3) is 3.57. The van der Waals surface area contributed by atoms with Gasteiger partial charge in [-0.05, 0) is 18.4 Å². The zero-order valence-corrected chi connectivity index (χ0v) is 11.5. The first-order valence-corrected chi connectivity index (χ1v) is 7.03. The average Bonchev–Trinajstić information content (AvgIpc) is 2.95. The van der Waals surface area contributed by atoms with Crippen LogP contribution in [0.4, 0.5) is 0 Å². The number of nitrogens with zero attached hydrogens (tertiary/aromatic N) is 1. The van der Waals surface area contributed by atoms with Gasteiger partial charge in [0, 0.05) is 19.6 Å². The first-order chi connectivity index (χ1) is 9.72. The largest absolute Gasteiger partial charge is 0.353 e. The number of hydrogen-bond donors (Lipinski definition) is 2. The van der Waals surface area contributed by atoms with Crippen molar-refractivity contribution < 1.29 is 9.59 Å². The Morgan fingerprint density at radius 1 is 1.30 bits per heavy atom. The molecule has 2 rings (SSSR count). The van der Waals surface area contributed by atoms with E-state index >= 15 is 0 Å². The first kappa shape index (κ1) is 14.5. The highest BCUT2D eigenvalue weighted by atomic mass is 16.2. The monoisotopic (exact) mass is 275 g/mol. The summed E-state index contributed by atoms with van der Waals surface area (Å²) in [5, 5.41) is 2.77. The number of hydrogen-bond acceptors (Lipinski definition) is 3. The second-order valence-corrected chi connectivity index (χ2v) is 4.99. The van der Waals surface area contributed by atoms with Crippen molar-refractivity contribution in [3.63, 3.8) is 0 Å². The maximum Gasteiger partial charge on any atom is 0.242 e. The summed E-state index contributed by atoms with van der Waals surface area (Å²) < 4.78 is 0. The lowest BCUT2D eigenvalue weighted by Crippen LogP contribution is -2.47. The van der Waals surface area contributed by atoms with E-state index in [2.05, 4.69) is 5.32 Å². The molecule has 1 aromatic rings. The SMILES string of the molecule is NCCNC(=O)[C@H]1CCCN1C(=O)Cc1ccccc1. The maximum atomic E-state index is 12.3. The smallest absolute Gasteiger partial charge is 0.242 e. The fraction of sp³-hybridized carbons (Fsp3) is 0.467. The van der Waals surface area contributed by atoms with Crippen LogP contribution in [0.25, 0.3) is 0 Å². The van der Waals surface area contributed by atoms with Gasteiger partial charge in [-0.25, -0.2) is 0 Å². The zero-order chi connectivity index (χ0) is 14.4. The number of nitrogens with one attached hydrogen (secondary N) is 1. The molecule has 3 N–H and O–H groups in total. The van der Waals surface area contributed by atoms with Crippen LogP contribution in [0.5, 0.6) is 0 Å². The van der Waals surface area contributed by atoms with Crippen LogP contribution in [0.3, 0.4) is 0 Å². The fourth-order valence-electron chi connectivity index (χ4n) is 2.52. The molecular formula is C15H21N3O2. The Hall–Kier alpha value is -1.88. The third-order valence-electron chi connectivity index (χ3n) is 3.52. The van der Waals surface area contributed by atoms with Gasteiger partial charge in [0.25, 0.3) is 0 Å².